The van der Waals surface area contributed by atoms with Crippen molar-refractivity contribution in [3.63, 3.8) is 0 Å². The predicted octanol–water partition coefficient (Wildman–Crippen LogP) is 0.117. The van der Waals surface area contributed by atoms with Gasteiger partial charge < -0.3 is 10.4 Å². The first-order chi connectivity index (χ1) is 9.74. The van der Waals surface area contributed by atoms with Crippen molar-refractivity contribution in [2.24, 2.45) is 0 Å². The third-order valence-corrected chi connectivity index (χ3v) is 4.58. The molecule has 0 aliphatic heterocycles. The van der Waals surface area contributed by atoms with Crippen molar-refractivity contribution in [2.45, 2.75) is 19.1 Å². The monoisotopic (exact) mass is 314 g/mol. The number of amides is 1. The lowest BCUT2D eigenvalue weighted by atomic mass is 10.1. The molecule has 1 atom stereocenters. The van der Waals surface area contributed by atoms with Gasteiger partial charge in [-0.2, -0.15) is 0 Å². The summed E-state index contributed by atoms with van der Waals surface area (Å²) < 4.78 is 25.2. The zero-order chi connectivity index (χ0) is 16.0. The highest BCUT2D eigenvalue weighted by atomic mass is 32.2. The minimum atomic E-state index is -3.93. The van der Waals surface area contributed by atoms with E-state index < -0.39 is 21.2 Å². The van der Waals surface area contributed by atoms with Gasteiger partial charge in [0.2, 0.25) is 10.0 Å². The molecule has 1 aromatic rings. The topological polar surface area (TPSA) is 113 Å². The summed E-state index contributed by atoms with van der Waals surface area (Å²) in [5.74, 6) is -1.74. The standard InChI is InChI=1S/C13H18N2O5S/c1-9-3-5-11(6-4-9)12(16)14-7-8-15-21(19,20)10(2)13(17)18/h3-6,10,15H,7-8H2,1-2H3,(H,14,16)(H,17,18). The molecule has 7 nitrogen and oxygen atoms in total. The molecule has 0 bridgehead atoms. The Kier molecular flexibility index (Phi) is 5.86. The predicted molar refractivity (Wildman–Crippen MR) is 77.5 cm³/mol. The number of carbonyl (C=O) groups excluding carboxylic acids is 1. The molecule has 0 aliphatic carbocycles. The number of carboxylic acids is 1. The smallest absolute Gasteiger partial charge is 0.323 e. The van der Waals surface area contributed by atoms with Crippen LogP contribution >= 0.6 is 0 Å². The van der Waals surface area contributed by atoms with E-state index in [2.05, 4.69) is 10.0 Å². The number of hydrogen-bond acceptors (Lipinski definition) is 4. The van der Waals surface area contributed by atoms with E-state index >= 15 is 0 Å². The fourth-order valence-electron chi connectivity index (χ4n) is 1.43. The largest absolute Gasteiger partial charge is 0.480 e. The number of sulfonamides is 1. The zero-order valence-corrected chi connectivity index (χ0v) is 12.6. The Morgan fingerprint density at radius 2 is 1.76 bits per heavy atom. The van der Waals surface area contributed by atoms with E-state index in [0.717, 1.165) is 12.5 Å². The highest BCUT2D eigenvalue weighted by Gasteiger charge is 2.26. The lowest BCUT2D eigenvalue weighted by Gasteiger charge is -2.10. The van der Waals surface area contributed by atoms with E-state index in [9.17, 15) is 18.0 Å². The lowest BCUT2D eigenvalue weighted by Crippen LogP contribution is -2.41. The lowest BCUT2D eigenvalue weighted by molar-refractivity contribution is -0.136. The minimum Gasteiger partial charge on any atom is -0.480 e. The van der Waals surface area contributed by atoms with Gasteiger partial charge in [-0.15, -0.1) is 0 Å². The maximum absolute atomic E-state index is 11.7. The molecule has 0 aliphatic rings. The molecule has 0 spiro atoms. The summed E-state index contributed by atoms with van der Waals surface area (Å²) in [6.45, 7) is 2.98. The van der Waals surface area contributed by atoms with Crippen LogP contribution in [0.25, 0.3) is 0 Å². The van der Waals surface area contributed by atoms with Gasteiger partial charge in [0.1, 0.15) is 0 Å². The van der Waals surface area contributed by atoms with Gasteiger partial charge in [0.15, 0.2) is 5.25 Å². The average molecular weight is 314 g/mol. The second-order valence-electron chi connectivity index (χ2n) is 4.54. The summed E-state index contributed by atoms with van der Waals surface area (Å²) in [7, 11) is -3.93. The third-order valence-electron chi connectivity index (χ3n) is 2.84. The first kappa shape index (κ1) is 17.1. The van der Waals surface area contributed by atoms with E-state index in [1.165, 1.54) is 0 Å². The van der Waals surface area contributed by atoms with Crippen LogP contribution in [0.5, 0.6) is 0 Å². The van der Waals surface area contributed by atoms with Gasteiger partial charge in [-0.3, -0.25) is 9.59 Å². The number of rotatable bonds is 7. The highest BCUT2D eigenvalue weighted by Crippen LogP contribution is 2.02. The second-order valence-corrected chi connectivity index (χ2v) is 6.63. The van der Waals surface area contributed by atoms with Crippen molar-refractivity contribution in [2.75, 3.05) is 13.1 Å². The van der Waals surface area contributed by atoms with Gasteiger partial charge in [-0.1, -0.05) is 17.7 Å². The van der Waals surface area contributed by atoms with Crippen LogP contribution in [0.15, 0.2) is 24.3 Å². The van der Waals surface area contributed by atoms with Crippen molar-refractivity contribution in [1.29, 1.82) is 0 Å². The summed E-state index contributed by atoms with van der Waals surface area (Å²) in [5, 5.41) is 9.65. The highest BCUT2D eigenvalue weighted by molar-refractivity contribution is 7.90. The average Bonchev–Trinajstić information content (AvgIpc) is 2.43. The van der Waals surface area contributed by atoms with E-state index in [0.29, 0.717) is 5.56 Å². The second kappa shape index (κ2) is 7.19. The Hall–Kier alpha value is -1.93. The van der Waals surface area contributed by atoms with Crippen molar-refractivity contribution in [3.8, 4) is 0 Å². The fraction of sp³-hybridized carbons (Fsp3) is 0.385. The van der Waals surface area contributed by atoms with E-state index in [4.69, 9.17) is 5.11 Å². The molecule has 116 valence electrons. The summed E-state index contributed by atoms with van der Waals surface area (Å²) in [6, 6.07) is 6.93. The third kappa shape index (κ3) is 5.16. The number of hydrogen-bond donors (Lipinski definition) is 3. The van der Waals surface area contributed by atoms with Crippen molar-refractivity contribution in [1.82, 2.24) is 10.0 Å². The Morgan fingerprint density at radius 3 is 2.29 bits per heavy atom. The van der Waals surface area contributed by atoms with Crippen molar-refractivity contribution < 1.29 is 23.1 Å². The van der Waals surface area contributed by atoms with Crippen LogP contribution in [0.2, 0.25) is 0 Å². The summed E-state index contributed by atoms with van der Waals surface area (Å²) >= 11 is 0. The first-order valence-corrected chi connectivity index (χ1v) is 7.85. The molecular formula is C13H18N2O5S. The van der Waals surface area contributed by atoms with Crippen LogP contribution < -0.4 is 10.0 Å². The molecule has 8 heteroatoms. The molecule has 0 saturated heterocycles. The Balaban J connectivity index is 2.42. The van der Waals surface area contributed by atoms with E-state index in [1.54, 1.807) is 24.3 Å². The van der Waals surface area contributed by atoms with Gasteiger partial charge >= 0.3 is 5.97 Å². The Labute approximate surface area is 123 Å². The molecule has 0 radical (unpaired) electrons. The number of carbonyl (C=O) groups is 2. The summed E-state index contributed by atoms with van der Waals surface area (Å²) in [4.78, 5) is 22.4. The molecule has 1 aromatic carbocycles. The molecule has 21 heavy (non-hydrogen) atoms. The number of nitrogens with one attached hydrogen (secondary N) is 2. The van der Waals surface area contributed by atoms with Crippen molar-refractivity contribution >= 4 is 21.9 Å². The fourth-order valence-corrected chi connectivity index (χ4v) is 2.34. The number of carboxylic acid groups (broad SMARTS) is 1. The number of aliphatic carboxylic acids is 1. The van der Waals surface area contributed by atoms with Gasteiger partial charge in [-0.05, 0) is 26.0 Å². The zero-order valence-electron chi connectivity index (χ0n) is 11.8. The van der Waals surface area contributed by atoms with Crippen LogP contribution in [0.4, 0.5) is 0 Å². The maximum Gasteiger partial charge on any atom is 0.323 e. The normalized spacial score (nSPS) is 12.7. The molecule has 1 rings (SSSR count). The minimum absolute atomic E-state index is 0.0677. The van der Waals surface area contributed by atoms with Crippen LogP contribution in [0.3, 0.4) is 0 Å². The van der Waals surface area contributed by atoms with Gasteiger partial charge in [0.05, 0.1) is 0 Å². The molecule has 0 saturated carbocycles. The van der Waals surface area contributed by atoms with E-state index in [1.807, 2.05) is 6.92 Å². The molecule has 0 heterocycles. The first-order valence-electron chi connectivity index (χ1n) is 6.30. The van der Waals surface area contributed by atoms with Gasteiger partial charge in [0.25, 0.3) is 5.91 Å². The Bertz CT molecular complexity index is 610. The summed E-state index contributed by atoms with van der Waals surface area (Å²) in [5.41, 5.74) is 1.50. The molecule has 1 amide bonds. The van der Waals surface area contributed by atoms with E-state index in [-0.39, 0.29) is 19.0 Å². The maximum atomic E-state index is 11.7. The van der Waals surface area contributed by atoms with Crippen molar-refractivity contribution in [3.05, 3.63) is 35.4 Å². The SMILES string of the molecule is Cc1ccc(C(=O)NCCNS(=O)(=O)C(C)C(=O)O)cc1. The number of aryl methyl sites for hydroxylation is 1. The quantitative estimate of drug-likeness (QED) is 0.619. The molecular weight excluding hydrogens is 296 g/mol. The molecule has 0 fully saturated rings. The van der Waals surface area contributed by atoms with Crippen LogP contribution in [0.1, 0.15) is 22.8 Å². The van der Waals surface area contributed by atoms with Crippen LogP contribution in [0, 0.1) is 6.92 Å². The van der Waals surface area contributed by atoms with Crippen LogP contribution in [-0.2, 0) is 14.8 Å². The molecule has 0 aromatic heterocycles. The molecule has 3 N–H and O–H groups in total. The molecule has 1 unspecified atom stereocenters. The number of benzene rings is 1. The van der Waals surface area contributed by atoms with Crippen LogP contribution in [-0.4, -0.2) is 43.7 Å². The van der Waals surface area contributed by atoms with Gasteiger partial charge in [-0.25, -0.2) is 13.1 Å². The van der Waals surface area contributed by atoms with Gasteiger partial charge in [0, 0.05) is 18.7 Å². The Morgan fingerprint density at radius 1 is 1.19 bits per heavy atom. The summed E-state index contributed by atoms with van der Waals surface area (Å²) in [6.07, 6.45) is 0.